The van der Waals surface area contributed by atoms with Gasteiger partial charge in [0.2, 0.25) is 0 Å². The van der Waals surface area contributed by atoms with Crippen LogP contribution in [0.15, 0.2) is 60.8 Å². The van der Waals surface area contributed by atoms with Crippen molar-refractivity contribution in [2.45, 2.75) is 12.6 Å². The molecule has 1 aromatic heterocycles. The number of methoxy groups -OCH3 is 1. The van der Waals surface area contributed by atoms with Crippen LogP contribution < -0.4 is 4.74 Å². The number of nitrogens with zero attached hydrogens (tertiary/aromatic N) is 1. The van der Waals surface area contributed by atoms with Crippen LogP contribution in [0.1, 0.15) is 16.8 Å². The summed E-state index contributed by atoms with van der Waals surface area (Å²) in [5, 5.41) is 0. The van der Waals surface area contributed by atoms with Gasteiger partial charge >= 0.3 is 6.18 Å². The van der Waals surface area contributed by atoms with Gasteiger partial charge in [0.15, 0.2) is 0 Å². The van der Waals surface area contributed by atoms with Crippen LogP contribution >= 0.6 is 0 Å². The number of rotatable bonds is 4. The maximum absolute atomic E-state index is 13.6. The smallest absolute Gasteiger partial charge is 0.417 e. The molecule has 6 heteroatoms. The third-order valence-electron chi connectivity index (χ3n) is 3.96. The number of alkyl halides is 3. The first-order valence-electron chi connectivity index (χ1n) is 7.82. The van der Waals surface area contributed by atoms with E-state index in [-0.39, 0.29) is 5.56 Å². The van der Waals surface area contributed by atoms with Gasteiger partial charge in [0.25, 0.3) is 0 Å². The summed E-state index contributed by atoms with van der Waals surface area (Å²) in [6, 6.07) is 13.6. The second kappa shape index (κ2) is 7.15. The molecule has 3 rings (SSSR count). The highest BCUT2D eigenvalue weighted by Gasteiger charge is 2.31. The van der Waals surface area contributed by atoms with E-state index >= 15 is 0 Å². The van der Waals surface area contributed by atoms with Crippen LogP contribution in [0.5, 0.6) is 5.75 Å². The lowest BCUT2D eigenvalue weighted by Gasteiger charge is -2.13. The SMILES string of the molecule is COc1ccc(Cc2ncc(C(F)(F)F)cc2-c2cccc(F)c2)cc1. The van der Waals surface area contributed by atoms with Gasteiger partial charge in [0, 0.05) is 18.2 Å². The molecule has 0 spiro atoms. The highest BCUT2D eigenvalue weighted by molar-refractivity contribution is 5.67. The number of benzene rings is 2. The molecular formula is C20H15F4NO. The molecule has 0 saturated heterocycles. The third-order valence-corrected chi connectivity index (χ3v) is 3.96. The van der Waals surface area contributed by atoms with Crippen molar-refractivity contribution in [1.29, 1.82) is 0 Å². The molecule has 0 bridgehead atoms. The molecular weight excluding hydrogens is 346 g/mol. The molecule has 0 radical (unpaired) electrons. The minimum atomic E-state index is -4.52. The Morgan fingerprint density at radius 3 is 2.35 bits per heavy atom. The predicted molar refractivity (Wildman–Crippen MR) is 90.4 cm³/mol. The number of hydrogen-bond acceptors (Lipinski definition) is 2. The van der Waals surface area contributed by atoms with Gasteiger partial charge in [0.05, 0.1) is 18.4 Å². The van der Waals surface area contributed by atoms with E-state index in [4.69, 9.17) is 4.74 Å². The Labute approximate surface area is 148 Å². The zero-order chi connectivity index (χ0) is 18.7. The second-order valence-corrected chi connectivity index (χ2v) is 5.75. The maximum Gasteiger partial charge on any atom is 0.417 e. The van der Waals surface area contributed by atoms with Gasteiger partial charge in [-0.25, -0.2) is 4.39 Å². The average molecular weight is 361 g/mol. The van der Waals surface area contributed by atoms with E-state index in [1.807, 2.05) is 12.1 Å². The molecule has 0 fully saturated rings. The lowest BCUT2D eigenvalue weighted by molar-refractivity contribution is -0.137. The van der Waals surface area contributed by atoms with Crippen molar-refractivity contribution in [3.8, 4) is 16.9 Å². The van der Waals surface area contributed by atoms with Crippen LogP contribution in [0.3, 0.4) is 0 Å². The van der Waals surface area contributed by atoms with Crippen molar-refractivity contribution < 1.29 is 22.3 Å². The van der Waals surface area contributed by atoms with E-state index in [2.05, 4.69) is 4.98 Å². The molecule has 2 nitrogen and oxygen atoms in total. The van der Waals surface area contributed by atoms with Gasteiger partial charge in [-0.1, -0.05) is 24.3 Å². The Morgan fingerprint density at radius 1 is 1.00 bits per heavy atom. The van der Waals surface area contributed by atoms with Gasteiger partial charge in [-0.05, 0) is 41.5 Å². The fourth-order valence-electron chi connectivity index (χ4n) is 2.63. The lowest BCUT2D eigenvalue weighted by atomic mass is 9.97. The highest BCUT2D eigenvalue weighted by atomic mass is 19.4. The van der Waals surface area contributed by atoms with Gasteiger partial charge in [0.1, 0.15) is 11.6 Å². The number of hydrogen-bond donors (Lipinski definition) is 0. The van der Waals surface area contributed by atoms with Crippen LogP contribution in [0, 0.1) is 5.82 Å². The van der Waals surface area contributed by atoms with E-state index in [0.29, 0.717) is 23.4 Å². The number of aromatic nitrogens is 1. The second-order valence-electron chi connectivity index (χ2n) is 5.75. The summed E-state index contributed by atoms with van der Waals surface area (Å²) in [6.07, 6.45) is -3.40. The molecule has 0 N–H and O–H groups in total. The summed E-state index contributed by atoms with van der Waals surface area (Å²) in [6.45, 7) is 0. The molecule has 26 heavy (non-hydrogen) atoms. The Morgan fingerprint density at radius 2 is 1.73 bits per heavy atom. The van der Waals surface area contributed by atoms with Gasteiger partial charge < -0.3 is 4.74 Å². The van der Waals surface area contributed by atoms with E-state index < -0.39 is 17.6 Å². The summed E-state index contributed by atoms with van der Waals surface area (Å²) in [5.74, 6) is 0.162. The molecule has 134 valence electrons. The zero-order valence-electron chi connectivity index (χ0n) is 13.8. The van der Waals surface area contributed by atoms with Crippen molar-refractivity contribution in [1.82, 2.24) is 4.98 Å². The summed E-state index contributed by atoms with van der Waals surface area (Å²) in [5.41, 5.74) is 1.04. The lowest BCUT2D eigenvalue weighted by Crippen LogP contribution is -2.08. The summed E-state index contributed by atoms with van der Waals surface area (Å²) in [7, 11) is 1.55. The third kappa shape index (κ3) is 4.02. The van der Waals surface area contributed by atoms with Crippen LogP contribution in [0.4, 0.5) is 17.6 Å². The van der Waals surface area contributed by atoms with Gasteiger partial charge in [-0.2, -0.15) is 13.2 Å². The van der Waals surface area contributed by atoms with E-state index in [1.54, 1.807) is 25.3 Å². The number of halogens is 4. The molecule has 0 unspecified atom stereocenters. The summed E-state index contributed by atoms with van der Waals surface area (Å²) >= 11 is 0. The number of pyridine rings is 1. The minimum absolute atomic E-state index is 0.259. The fourth-order valence-corrected chi connectivity index (χ4v) is 2.63. The zero-order valence-corrected chi connectivity index (χ0v) is 13.8. The van der Waals surface area contributed by atoms with Crippen LogP contribution in [-0.4, -0.2) is 12.1 Å². The summed E-state index contributed by atoms with van der Waals surface area (Å²) < 4.78 is 57.9. The van der Waals surface area contributed by atoms with Crippen molar-refractivity contribution in [2.75, 3.05) is 7.11 Å². The van der Waals surface area contributed by atoms with Crippen molar-refractivity contribution >= 4 is 0 Å². The highest BCUT2D eigenvalue weighted by Crippen LogP contribution is 2.34. The molecule has 0 amide bonds. The van der Waals surface area contributed by atoms with E-state index in [1.165, 1.54) is 18.2 Å². The van der Waals surface area contributed by atoms with E-state index in [9.17, 15) is 17.6 Å². The van der Waals surface area contributed by atoms with Crippen LogP contribution in [-0.2, 0) is 12.6 Å². The van der Waals surface area contributed by atoms with Gasteiger partial charge in [-0.3, -0.25) is 4.98 Å². The number of ether oxygens (including phenoxy) is 1. The van der Waals surface area contributed by atoms with Crippen molar-refractivity contribution in [3.05, 3.63) is 83.4 Å². The van der Waals surface area contributed by atoms with E-state index in [0.717, 1.165) is 17.8 Å². The predicted octanol–water partition coefficient (Wildman–Crippen LogP) is 5.51. The standard InChI is InChI=1S/C20H15F4NO/c1-26-17-7-5-13(6-8-17)9-19-18(14-3-2-4-16(21)10-14)11-15(12-25-19)20(22,23)24/h2-8,10-12H,9H2,1H3. The average Bonchev–Trinajstić information content (AvgIpc) is 2.62. The quantitative estimate of drug-likeness (QED) is 0.572. The molecule has 0 aliphatic rings. The Kier molecular flexibility index (Phi) is 4.93. The molecule has 2 aromatic carbocycles. The van der Waals surface area contributed by atoms with Crippen LogP contribution in [0.2, 0.25) is 0 Å². The first kappa shape index (κ1) is 17.9. The van der Waals surface area contributed by atoms with Crippen molar-refractivity contribution in [2.24, 2.45) is 0 Å². The Balaban J connectivity index is 2.05. The Bertz CT molecular complexity index is 904. The molecule has 0 atom stereocenters. The molecule has 3 aromatic rings. The van der Waals surface area contributed by atoms with Crippen LogP contribution in [0.25, 0.3) is 11.1 Å². The monoisotopic (exact) mass is 361 g/mol. The molecule has 0 aliphatic carbocycles. The maximum atomic E-state index is 13.6. The summed E-state index contributed by atoms with van der Waals surface area (Å²) in [4.78, 5) is 4.02. The first-order valence-corrected chi connectivity index (χ1v) is 7.82. The topological polar surface area (TPSA) is 22.1 Å². The fraction of sp³-hybridized carbons (Fsp3) is 0.150. The largest absolute Gasteiger partial charge is 0.497 e. The van der Waals surface area contributed by atoms with Gasteiger partial charge in [-0.15, -0.1) is 0 Å². The minimum Gasteiger partial charge on any atom is -0.497 e. The Hall–Kier alpha value is -2.89. The molecule has 0 saturated carbocycles. The molecule has 0 aliphatic heterocycles. The molecule has 1 heterocycles. The normalized spacial score (nSPS) is 11.4. The van der Waals surface area contributed by atoms with Crippen molar-refractivity contribution in [3.63, 3.8) is 0 Å². The first-order chi connectivity index (χ1) is 12.4.